The molecule has 39 heavy (non-hydrogen) atoms. The topological polar surface area (TPSA) is 87.7 Å². The van der Waals surface area contributed by atoms with Crippen LogP contribution in [-0.2, 0) is 16.1 Å². The lowest BCUT2D eigenvalue weighted by molar-refractivity contribution is -0.127. The first-order chi connectivity index (χ1) is 19.0. The van der Waals surface area contributed by atoms with Crippen molar-refractivity contribution in [2.75, 3.05) is 5.32 Å². The van der Waals surface area contributed by atoms with Gasteiger partial charge < -0.3 is 15.4 Å². The average Bonchev–Trinajstić information content (AvgIpc) is 3.30. The van der Waals surface area contributed by atoms with E-state index in [1.54, 1.807) is 48.5 Å². The van der Waals surface area contributed by atoms with Crippen LogP contribution in [0.5, 0.6) is 0 Å². The number of carbonyl (C=O) groups excluding carboxylic acids is 3. The zero-order valence-corrected chi connectivity index (χ0v) is 21.5. The van der Waals surface area contributed by atoms with Gasteiger partial charge in [0.15, 0.2) is 12.1 Å². The summed E-state index contributed by atoms with van der Waals surface area (Å²) in [7, 11) is 0. The Labute approximate surface area is 227 Å². The molecular weight excluding hydrogens is 490 g/mol. The lowest BCUT2D eigenvalue weighted by atomic mass is 9.99. The fourth-order valence-electron chi connectivity index (χ4n) is 4.70. The minimum absolute atomic E-state index is 0.221. The van der Waals surface area contributed by atoms with E-state index < -0.39 is 18.2 Å². The molecule has 7 heteroatoms. The predicted octanol–water partition coefficient (Wildman–Crippen LogP) is 5.88. The van der Waals surface area contributed by atoms with Crippen molar-refractivity contribution in [3.05, 3.63) is 138 Å². The molecule has 0 aliphatic carbocycles. The van der Waals surface area contributed by atoms with Crippen LogP contribution in [0.1, 0.15) is 46.1 Å². The third-order valence-electron chi connectivity index (χ3n) is 6.72. The van der Waals surface area contributed by atoms with Gasteiger partial charge in [0.05, 0.1) is 12.6 Å². The van der Waals surface area contributed by atoms with Gasteiger partial charge in [0, 0.05) is 11.3 Å². The van der Waals surface area contributed by atoms with Crippen LogP contribution in [0.25, 0.3) is 0 Å². The van der Waals surface area contributed by atoms with E-state index in [0.717, 1.165) is 11.1 Å². The van der Waals surface area contributed by atoms with Crippen molar-refractivity contribution in [2.45, 2.75) is 31.7 Å². The Morgan fingerprint density at radius 2 is 1.49 bits per heavy atom. The van der Waals surface area contributed by atoms with E-state index in [9.17, 15) is 14.4 Å². The molecule has 1 aliphatic heterocycles. The maximum atomic E-state index is 13.8. The maximum Gasteiger partial charge on any atom is 0.411 e. The molecule has 4 aromatic rings. The Kier molecular flexibility index (Phi) is 7.68. The summed E-state index contributed by atoms with van der Waals surface area (Å²) in [5.74, 6) is -0.579. The minimum atomic E-state index is -0.913. The standard InChI is InChI=1S/C32H29N3O4/c1-22(24-14-7-3-8-15-24)33-31(37)28-29(39-32(38)35(28)21-23-12-5-2-6-13-23)26-18-11-19-27(20-26)34-30(36)25-16-9-4-10-17-25/h2-20,22,28-29H,21H2,1H3,(H,33,37)(H,34,36). The summed E-state index contributed by atoms with van der Waals surface area (Å²) >= 11 is 0. The number of benzene rings is 4. The van der Waals surface area contributed by atoms with Crippen LogP contribution in [0.3, 0.4) is 0 Å². The molecule has 4 aromatic carbocycles. The van der Waals surface area contributed by atoms with Crippen LogP contribution < -0.4 is 10.6 Å². The number of hydrogen-bond donors (Lipinski definition) is 2. The van der Waals surface area contributed by atoms with Crippen molar-refractivity contribution in [3.8, 4) is 0 Å². The van der Waals surface area contributed by atoms with Crippen LogP contribution in [-0.4, -0.2) is 28.8 Å². The van der Waals surface area contributed by atoms with E-state index in [4.69, 9.17) is 4.74 Å². The molecule has 0 radical (unpaired) electrons. The van der Waals surface area contributed by atoms with E-state index in [2.05, 4.69) is 10.6 Å². The maximum absolute atomic E-state index is 13.8. The van der Waals surface area contributed by atoms with E-state index in [-0.39, 0.29) is 24.4 Å². The second-order valence-corrected chi connectivity index (χ2v) is 9.45. The van der Waals surface area contributed by atoms with E-state index in [0.29, 0.717) is 16.8 Å². The third-order valence-corrected chi connectivity index (χ3v) is 6.72. The fraction of sp³-hybridized carbons (Fsp3) is 0.156. The number of ether oxygens (including phenoxy) is 1. The predicted molar refractivity (Wildman–Crippen MR) is 149 cm³/mol. The van der Waals surface area contributed by atoms with E-state index in [1.807, 2.05) is 73.7 Å². The Bertz CT molecular complexity index is 1440. The number of cyclic esters (lactones) is 1. The van der Waals surface area contributed by atoms with Gasteiger partial charge in [-0.3, -0.25) is 14.5 Å². The number of nitrogens with zero attached hydrogens (tertiary/aromatic N) is 1. The highest BCUT2D eigenvalue weighted by Crippen LogP contribution is 2.35. The second-order valence-electron chi connectivity index (χ2n) is 9.45. The molecular formula is C32H29N3O4. The molecule has 1 aliphatic rings. The second kappa shape index (κ2) is 11.6. The molecule has 3 amide bonds. The van der Waals surface area contributed by atoms with Crippen molar-refractivity contribution >= 4 is 23.6 Å². The van der Waals surface area contributed by atoms with Gasteiger partial charge in [-0.15, -0.1) is 0 Å². The van der Waals surface area contributed by atoms with Crippen molar-refractivity contribution in [2.24, 2.45) is 0 Å². The summed E-state index contributed by atoms with van der Waals surface area (Å²) in [6.45, 7) is 2.12. The SMILES string of the molecule is CC(NC(=O)C1C(c2cccc(NC(=O)c3ccccc3)c2)OC(=O)N1Cc1ccccc1)c1ccccc1. The van der Waals surface area contributed by atoms with Crippen LogP contribution in [0, 0.1) is 0 Å². The highest BCUT2D eigenvalue weighted by Gasteiger charge is 2.47. The third kappa shape index (κ3) is 5.99. The molecule has 0 bridgehead atoms. The number of rotatable bonds is 8. The number of hydrogen-bond acceptors (Lipinski definition) is 4. The number of amides is 3. The van der Waals surface area contributed by atoms with Crippen molar-refractivity contribution in [3.63, 3.8) is 0 Å². The summed E-state index contributed by atoms with van der Waals surface area (Å²) in [4.78, 5) is 41.1. The lowest BCUT2D eigenvalue weighted by Gasteiger charge is -2.26. The van der Waals surface area contributed by atoms with Gasteiger partial charge in [0.2, 0.25) is 5.91 Å². The first-order valence-corrected chi connectivity index (χ1v) is 12.8. The number of anilines is 1. The van der Waals surface area contributed by atoms with Crippen LogP contribution >= 0.6 is 0 Å². The van der Waals surface area contributed by atoms with Gasteiger partial charge in [0.1, 0.15) is 0 Å². The summed E-state index contributed by atoms with van der Waals surface area (Å²) in [6.07, 6.45) is -1.44. The Morgan fingerprint density at radius 3 is 2.18 bits per heavy atom. The summed E-state index contributed by atoms with van der Waals surface area (Å²) in [6, 6.07) is 33.9. The van der Waals surface area contributed by atoms with Gasteiger partial charge in [0.25, 0.3) is 5.91 Å². The first kappa shape index (κ1) is 25.7. The molecule has 5 rings (SSSR count). The molecule has 0 aromatic heterocycles. The van der Waals surface area contributed by atoms with Crippen LogP contribution in [0.2, 0.25) is 0 Å². The molecule has 7 nitrogen and oxygen atoms in total. The molecule has 1 fully saturated rings. The molecule has 1 heterocycles. The molecule has 1 saturated heterocycles. The number of carbonyl (C=O) groups is 3. The molecule has 2 N–H and O–H groups in total. The average molecular weight is 520 g/mol. The Hall–Kier alpha value is -4.91. The van der Waals surface area contributed by atoms with Crippen molar-refractivity contribution in [1.82, 2.24) is 10.2 Å². The minimum Gasteiger partial charge on any atom is -0.438 e. The fourth-order valence-corrected chi connectivity index (χ4v) is 4.70. The normalized spacial score (nSPS) is 17.3. The Balaban J connectivity index is 1.42. The Morgan fingerprint density at radius 1 is 0.846 bits per heavy atom. The molecule has 3 unspecified atom stereocenters. The van der Waals surface area contributed by atoms with Crippen molar-refractivity contribution in [1.29, 1.82) is 0 Å². The molecule has 0 saturated carbocycles. The highest BCUT2D eigenvalue weighted by atomic mass is 16.6. The smallest absolute Gasteiger partial charge is 0.411 e. The van der Waals surface area contributed by atoms with Crippen LogP contribution in [0.4, 0.5) is 10.5 Å². The highest BCUT2D eigenvalue weighted by molar-refractivity contribution is 6.04. The van der Waals surface area contributed by atoms with Gasteiger partial charge in [-0.05, 0) is 47.9 Å². The molecule has 0 spiro atoms. The molecule has 3 atom stereocenters. The van der Waals surface area contributed by atoms with E-state index >= 15 is 0 Å². The lowest BCUT2D eigenvalue weighted by Crippen LogP contribution is -2.46. The van der Waals surface area contributed by atoms with Crippen molar-refractivity contribution < 1.29 is 19.1 Å². The summed E-state index contributed by atoms with van der Waals surface area (Å²) < 4.78 is 5.81. The zero-order chi connectivity index (χ0) is 27.2. The quantitative estimate of drug-likeness (QED) is 0.304. The van der Waals surface area contributed by atoms with Gasteiger partial charge in [-0.25, -0.2) is 4.79 Å². The van der Waals surface area contributed by atoms with E-state index in [1.165, 1.54) is 4.90 Å². The number of nitrogens with one attached hydrogen (secondary N) is 2. The van der Waals surface area contributed by atoms with Gasteiger partial charge >= 0.3 is 6.09 Å². The van der Waals surface area contributed by atoms with Gasteiger partial charge in [-0.2, -0.15) is 0 Å². The monoisotopic (exact) mass is 519 g/mol. The zero-order valence-electron chi connectivity index (χ0n) is 21.5. The first-order valence-electron chi connectivity index (χ1n) is 12.8. The molecule has 196 valence electrons. The van der Waals surface area contributed by atoms with Gasteiger partial charge in [-0.1, -0.05) is 91.0 Å². The summed E-state index contributed by atoms with van der Waals surface area (Å²) in [5, 5.41) is 5.95. The summed E-state index contributed by atoms with van der Waals surface area (Å²) in [5.41, 5.74) is 3.50. The largest absolute Gasteiger partial charge is 0.438 e. The van der Waals surface area contributed by atoms with Crippen LogP contribution in [0.15, 0.2) is 115 Å².